The Balaban J connectivity index is 0.00000121. The lowest BCUT2D eigenvalue weighted by Gasteiger charge is -2.06. The third-order valence-electron chi connectivity index (χ3n) is 2.02. The molecular weight excluding hydrogens is 214 g/mol. The summed E-state index contributed by atoms with van der Waals surface area (Å²) in [6.45, 7) is 8.92. The van der Waals surface area contributed by atoms with Crippen molar-refractivity contribution < 1.29 is 9.53 Å². The van der Waals surface area contributed by atoms with Crippen molar-refractivity contribution in [3.8, 4) is 0 Å². The van der Waals surface area contributed by atoms with Crippen LogP contribution in [0.15, 0.2) is 24.3 Å². The van der Waals surface area contributed by atoms with Gasteiger partial charge in [0.25, 0.3) is 0 Å². The Morgan fingerprint density at radius 2 is 1.82 bits per heavy atom. The van der Waals surface area contributed by atoms with E-state index in [-0.39, 0.29) is 5.97 Å². The first-order valence-electron chi connectivity index (χ1n) is 6.18. The molecule has 0 aliphatic rings. The SMILES string of the molecule is CC.CCOC(=O)CCNc1ccc(C)cc1. The molecule has 0 amide bonds. The van der Waals surface area contributed by atoms with Crippen LogP contribution in [0.3, 0.4) is 0 Å². The second kappa shape index (κ2) is 9.70. The Morgan fingerprint density at radius 3 is 2.35 bits per heavy atom. The van der Waals surface area contributed by atoms with Gasteiger partial charge in [-0.25, -0.2) is 0 Å². The summed E-state index contributed by atoms with van der Waals surface area (Å²) in [6, 6.07) is 8.07. The minimum Gasteiger partial charge on any atom is -0.466 e. The molecule has 96 valence electrons. The maximum Gasteiger partial charge on any atom is 0.307 e. The van der Waals surface area contributed by atoms with E-state index >= 15 is 0 Å². The maximum absolute atomic E-state index is 11.0. The first-order valence-corrected chi connectivity index (χ1v) is 6.18. The van der Waals surface area contributed by atoms with Crippen molar-refractivity contribution in [2.45, 2.75) is 34.1 Å². The summed E-state index contributed by atoms with van der Waals surface area (Å²) >= 11 is 0. The highest BCUT2D eigenvalue weighted by Gasteiger charge is 2.00. The largest absolute Gasteiger partial charge is 0.466 e. The molecule has 1 rings (SSSR count). The van der Waals surface area contributed by atoms with E-state index in [1.54, 1.807) is 0 Å². The van der Waals surface area contributed by atoms with E-state index in [0.29, 0.717) is 19.6 Å². The Labute approximate surface area is 104 Å². The highest BCUT2D eigenvalue weighted by Crippen LogP contribution is 2.08. The van der Waals surface area contributed by atoms with Gasteiger partial charge in [0.2, 0.25) is 0 Å². The summed E-state index contributed by atoms with van der Waals surface area (Å²) in [6.07, 6.45) is 0.404. The lowest BCUT2D eigenvalue weighted by atomic mass is 10.2. The summed E-state index contributed by atoms with van der Waals surface area (Å²) in [4.78, 5) is 11.0. The highest BCUT2D eigenvalue weighted by molar-refractivity contribution is 5.70. The normalized spacial score (nSPS) is 8.94. The van der Waals surface area contributed by atoms with E-state index in [2.05, 4.69) is 5.32 Å². The number of benzene rings is 1. The minimum atomic E-state index is -0.155. The molecule has 0 saturated heterocycles. The number of nitrogens with one attached hydrogen (secondary N) is 1. The van der Waals surface area contributed by atoms with Gasteiger partial charge < -0.3 is 10.1 Å². The number of carbonyl (C=O) groups is 1. The molecule has 0 fully saturated rings. The number of hydrogen-bond donors (Lipinski definition) is 1. The van der Waals surface area contributed by atoms with Gasteiger partial charge in [-0.1, -0.05) is 31.5 Å². The predicted octanol–water partition coefficient (Wildman–Crippen LogP) is 3.39. The third kappa shape index (κ3) is 7.39. The summed E-state index contributed by atoms with van der Waals surface area (Å²) in [7, 11) is 0. The fourth-order valence-corrected chi connectivity index (χ4v) is 1.21. The second-order valence-electron chi connectivity index (χ2n) is 3.35. The van der Waals surface area contributed by atoms with Gasteiger partial charge >= 0.3 is 5.97 Å². The lowest BCUT2D eigenvalue weighted by molar-refractivity contribution is -0.142. The molecule has 0 heterocycles. The van der Waals surface area contributed by atoms with Crippen LogP contribution in [0.4, 0.5) is 5.69 Å². The van der Waals surface area contributed by atoms with E-state index < -0.39 is 0 Å². The molecule has 17 heavy (non-hydrogen) atoms. The van der Waals surface area contributed by atoms with Gasteiger partial charge in [0.1, 0.15) is 0 Å². The monoisotopic (exact) mass is 237 g/mol. The zero-order chi connectivity index (χ0) is 13.1. The predicted molar refractivity (Wildman–Crippen MR) is 72.3 cm³/mol. The average molecular weight is 237 g/mol. The molecule has 1 N–H and O–H groups in total. The second-order valence-corrected chi connectivity index (χ2v) is 3.35. The molecule has 0 aromatic heterocycles. The van der Waals surface area contributed by atoms with Crippen LogP contribution < -0.4 is 5.32 Å². The van der Waals surface area contributed by atoms with Crippen LogP contribution in [0.2, 0.25) is 0 Å². The van der Waals surface area contributed by atoms with Gasteiger partial charge in [0, 0.05) is 12.2 Å². The van der Waals surface area contributed by atoms with E-state index in [4.69, 9.17) is 4.74 Å². The van der Waals surface area contributed by atoms with Crippen LogP contribution in [0.5, 0.6) is 0 Å². The van der Waals surface area contributed by atoms with Gasteiger partial charge in [-0.05, 0) is 26.0 Å². The minimum absolute atomic E-state index is 0.155. The van der Waals surface area contributed by atoms with E-state index in [0.717, 1.165) is 5.69 Å². The van der Waals surface area contributed by atoms with Crippen molar-refractivity contribution >= 4 is 11.7 Å². The van der Waals surface area contributed by atoms with Crippen molar-refractivity contribution in [2.24, 2.45) is 0 Å². The average Bonchev–Trinajstić information content (AvgIpc) is 2.35. The Kier molecular flexibility index (Phi) is 8.84. The molecule has 0 aliphatic heterocycles. The van der Waals surface area contributed by atoms with Crippen molar-refractivity contribution in [1.82, 2.24) is 0 Å². The summed E-state index contributed by atoms with van der Waals surface area (Å²) in [5.74, 6) is -0.155. The van der Waals surface area contributed by atoms with Crippen LogP contribution in [0.1, 0.15) is 32.8 Å². The van der Waals surface area contributed by atoms with Gasteiger partial charge in [0.15, 0.2) is 0 Å². The fraction of sp³-hybridized carbons (Fsp3) is 0.500. The fourth-order valence-electron chi connectivity index (χ4n) is 1.21. The van der Waals surface area contributed by atoms with Crippen LogP contribution in [0, 0.1) is 6.92 Å². The number of esters is 1. The highest BCUT2D eigenvalue weighted by atomic mass is 16.5. The standard InChI is InChI=1S/C12H17NO2.C2H6/c1-3-15-12(14)8-9-13-11-6-4-10(2)5-7-11;1-2/h4-7,13H,3,8-9H2,1-2H3;1-2H3. The van der Waals surface area contributed by atoms with Crippen molar-refractivity contribution in [1.29, 1.82) is 0 Å². The summed E-state index contributed by atoms with van der Waals surface area (Å²) in [5, 5.41) is 3.16. The number of ether oxygens (including phenoxy) is 1. The first kappa shape index (κ1) is 15.5. The molecule has 3 heteroatoms. The molecule has 0 atom stereocenters. The van der Waals surface area contributed by atoms with E-state index in [1.165, 1.54) is 5.56 Å². The van der Waals surface area contributed by atoms with E-state index in [1.807, 2.05) is 52.0 Å². The third-order valence-corrected chi connectivity index (χ3v) is 2.02. The Bertz CT molecular complexity index is 307. The molecule has 1 aromatic rings. The number of hydrogen-bond acceptors (Lipinski definition) is 3. The van der Waals surface area contributed by atoms with Crippen molar-refractivity contribution in [2.75, 3.05) is 18.5 Å². The lowest BCUT2D eigenvalue weighted by Crippen LogP contribution is -2.11. The zero-order valence-electron chi connectivity index (χ0n) is 11.2. The van der Waals surface area contributed by atoms with Crippen molar-refractivity contribution in [3.63, 3.8) is 0 Å². The van der Waals surface area contributed by atoms with Crippen LogP contribution in [-0.2, 0) is 9.53 Å². The number of carbonyl (C=O) groups excluding carboxylic acids is 1. The molecular formula is C14H23NO2. The molecule has 0 aliphatic carbocycles. The molecule has 0 radical (unpaired) electrons. The zero-order valence-corrected chi connectivity index (χ0v) is 11.2. The first-order chi connectivity index (χ1) is 8.22. The topological polar surface area (TPSA) is 38.3 Å². The molecule has 0 spiro atoms. The smallest absolute Gasteiger partial charge is 0.307 e. The summed E-state index contributed by atoms with van der Waals surface area (Å²) < 4.78 is 4.82. The molecule has 0 unspecified atom stereocenters. The van der Waals surface area contributed by atoms with E-state index in [9.17, 15) is 4.79 Å². The molecule has 0 bridgehead atoms. The maximum atomic E-state index is 11.0. The van der Waals surface area contributed by atoms with Gasteiger partial charge in [-0.15, -0.1) is 0 Å². The molecule has 3 nitrogen and oxygen atoms in total. The van der Waals surface area contributed by atoms with Gasteiger partial charge in [0.05, 0.1) is 13.0 Å². The summed E-state index contributed by atoms with van der Waals surface area (Å²) in [5.41, 5.74) is 2.26. The Hall–Kier alpha value is -1.51. The van der Waals surface area contributed by atoms with Crippen LogP contribution in [-0.4, -0.2) is 19.1 Å². The molecule has 0 saturated carbocycles. The van der Waals surface area contributed by atoms with Gasteiger partial charge in [-0.3, -0.25) is 4.79 Å². The van der Waals surface area contributed by atoms with Crippen LogP contribution >= 0.6 is 0 Å². The molecule has 1 aromatic carbocycles. The number of anilines is 1. The quantitative estimate of drug-likeness (QED) is 0.798. The van der Waals surface area contributed by atoms with Gasteiger partial charge in [-0.2, -0.15) is 0 Å². The van der Waals surface area contributed by atoms with Crippen LogP contribution in [0.25, 0.3) is 0 Å². The Morgan fingerprint density at radius 1 is 1.24 bits per heavy atom. The number of aryl methyl sites for hydroxylation is 1. The number of rotatable bonds is 5. The van der Waals surface area contributed by atoms with Crippen molar-refractivity contribution in [3.05, 3.63) is 29.8 Å².